The molecule has 88 valence electrons. The van der Waals surface area contributed by atoms with E-state index in [2.05, 4.69) is 4.74 Å². The average molecular weight is 226 g/mol. The molecule has 0 aliphatic heterocycles. The molecular weight excluding hydrogens is 211 g/mol. The summed E-state index contributed by atoms with van der Waals surface area (Å²) < 4.78 is 23.4. The number of carbonyl (C=O) groups excluding carboxylic acids is 1. The second-order valence-corrected chi connectivity index (χ2v) is 3.36. The van der Waals surface area contributed by atoms with E-state index in [1.807, 2.05) is 6.92 Å². The van der Waals surface area contributed by atoms with Gasteiger partial charge in [0.1, 0.15) is 5.75 Å². The summed E-state index contributed by atoms with van der Waals surface area (Å²) in [4.78, 5) is 11.3. The number of esters is 1. The van der Waals surface area contributed by atoms with Crippen LogP contribution in [0.15, 0.2) is 18.2 Å². The summed E-state index contributed by atoms with van der Waals surface area (Å²) in [5.41, 5.74) is 1.07. The van der Waals surface area contributed by atoms with Crippen molar-refractivity contribution in [2.45, 2.75) is 20.0 Å². The van der Waals surface area contributed by atoms with Crippen LogP contribution in [0.1, 0.15) is 24.2 Å². The van der Waals surface area contributed by atoms with Crippen LogP contribution < -0.4 is 4.74 Å². The average Bonchev–Trinajstić information content (AvgIpc) is 2.28. The van der Waals surface area contributed by atoms with Crippen LogP contribution in [0, 0.1) is 6.92 Å². The van der Waals surface area contributed by atoms with Crippen LogP contribution in [-0.2, 0) is 9.53 Å². The highest BCUT2D eigenvalue weighted by Crippen LogP contribution is 2.29. The molecule has 0 aliphatic rings. The molecular formula is C12H15FO3. The highest BCUT2D eigenvalue weighted by atomic mass is 19.1. The highest BCUT2D eigenvalue weighted by Gasteiger charge is 2.24. The van der Waals surface area contributed by atoms with Gasteiger partial charge in [0, 0.05) is 5.56 Å². The molecule has 3 nitrogen and oxygen atoms in total. The van der Waals surface area contributed by atoms with E-state index in [9.17, 15) is 9.18 Å². The van der Waals surface area contributed by atoms with E-state index < -0.39 is 12.1 Å². The molecule has 1 atom stereocenters. The first-order valence-electron chi connectivity index (χ1n) is 5.05. The lowest BCUT2D eigenvalue weighted by Crippen LogP contribution is -2.13. The standard InChI is InChI=1S/C12H15FO3/c1-4-16-12(14)11(13)9-7-8(2)5-6-10(9)15-3/h5-7,11H,4H2,1-3H3. The first kappa shape index (κ1) is 12.5. The third kappa shape index (κ3) is 2.72. The van der Waals surface area contributed by atoms with Crippen molar-refractivity contribution in [2.24, 2.45) is 0 Å². The zero-order valence-corrected chi connectivity index (χ0v) is 9.62. The van der Waals surface area contributed by atoms with Gasteiger partial charge in [-0.25, -0.2) is 9.18 Å². The Morgan fingerprint density at radius 2 is 2.19 bits per heavy atom. The lowest BCUT2D eigenvalue weighted by Gasteiger charge is -2.12. The fraction of sp³-hybridized carbons (Fsp3) is 0.417. The van der Waals surface area contributed by atoms with Gasteiger partial charge in [-0.05, 0) is 26.0 Å². The molecule has 1 aromatic carbocycles. The topological polar surface area (TPSA) is 35.5 Å². The fourth-order valence-corrected chi connectivity index (χ4v) is 1.39. The van der Waals surface area contributed by atoms with Gasteiger partial charge >= 0.3 is 5.97 Å². The molecule has 16 heavy (non-hydrogen) atoms. The third-order valence-corrected chi connectivity index (χ3v) is 2.15. The molecule has 4 heteroatoms. The van der Waals surface area contributed by atoms with Crippen LogP contribution in [0.5, 0.6) is 5.75 Å². The zero-order chi connectivity index (χ0) is 12.1. The van der Waals surface area contributed by atoms with Crippen molar-refractivity contribution < 1.29 is 18.7 Å². The van der Waals surface area contributed by atoms with Gasteiger partial charge in [0.15, 0.2) is 0 Å². The number of carbonyl (C=O) groups is 1. The van der Waals surface area contributed by atoms with E-state index in [1.54, 1.807) is 25.1 Å². The molecule has 0 aliphatic carbocycles. The Balaban J connectivity index is 3.01. The molecule has 1 unspecified atom stereocenters. The largest absolute Gasteiger partial charge is 0.496 e. The number of methoxy groups -OCH3 is 1. The van der Waals surface area contributed by atoms with Crippen molar-refractivity contribution in [3.05, 3.63) is 29.3 Å². The summed E-state index contributed by atoms with van der Waals surface area (Å²) in [6, 6.07) is 5.01. The van der Waals surface area contributed by atoms with Crippen molar-refractivity contribution in [1.82, 2.24) is 0 Å². The quantitative estimate of drug-likeness (QED) is 0.740. The minimum atomic E-state index is -1.80. The molecule has 0 bridgehead atoms. The summed E-state index contributed by atoms with van der Waals surface area (Å²) in [6.07, 6.45) is -1.80. The van der Waals surface area contributed by atoms with Crippen molar-refractivity contribution >= 4 is 5.97 Å². The van der Waals surface area contributed by atoms with Gasteiger partial charge in [0.05, 0.1) is 13.7 Å². The van der Waals surface area contributed by atoms with Crippen molar-refractivity contribution in [3.8, 4) is 5.75 Å². The monoisotopic (exact) mass is 226 g/mol. The molecule has 0 N–H and O–H groups in total. The van der Waals surface area contributed by atoms with Gasteiger partial charge in [-0.2, -0.15) is 0 Å². The number of alkyl halides is 1. The van der Waals surface area contributed by atoms with E-state index in [4.69, 9.17) is 4.74 Å². The van der Waals surface area contributed by atoms with Crippen molar-refractivity contribution in [1.29, 1.82) is 0 Å². The lowest BCUT2D eigenvalue weighted by molar-refractivity contribution is -0.149. The zero-order valence-electron chi connectivity index (χ0n) is 9.62. The first-order chi connectivity index (χ1) is 7.60. The number of benzene rings is 1. The van der Waals surface area contributed by atoms with Gasteiger partial charge < -0.3 is 9.47 Å². The molecule has 0 saturated carbocycles. The minimum Gasteiger partial charge on any atom is -0.496 e. The van der Waals surface area contributed by atoms with Crippen LogP contribution in [-0.4, -0.2) is 19.7 Å². The molecule has 0 aromatic heterocycles. The third-order valence-electron chi connectivity index (χ3n) is 2.15. The Kier molecular flexibility index (Phi) is 4.28. The Labute approximate surface area is 94.2 Å². The Hall–Kier alpha value is -1.58. The summed E-state index contributed by atoms with van der Waals surface area (Å²) >= 11 is 0. The molecule has 0 saturated heterocycles. The summed E-state index contributed by atoms with van der Waals surface area (Å²) in [6.45, 7) is 3.62. The minimum absolute atomic E-state index is 0.160. The molecule has 1 rings (SSSR count). The fourth-order valence-electron chi connectivity index (χ4n) is 1.39. The summed E-state index contributed by atoms with van der Waals surface area (Å²) in [7, 11) is 1.44. The number of hydrogen-bond donors (Lipinski definition) is 0. The summed E-state index contributed by atoms with van der Waals surface area (Å²) in [5, 5.41) is 0. The van der Waals surface area contributed by atoms with E-state index in [1.165, 1.54) is 7.11 Å². The van der Waals surface area contributed by atoms with Crippen molar-refractivity contribution in [2.75, 3.05) is 13.7 Å². The molecule has 0 heterocycles. The van der Waals surface area contributed by atoms with Gasteiger partial charge in [-0.15, -0.1) is 0 Å². The van der Waals surface area contributed by atoms with Gasteiger partial charge in [-0.1, -0.05) is 11.6 Å². The molecule has 0 fully saturated rings. The molecule has 0 amide bonds. The van der Waals surface area contributed by atoms with E-state index in [0.717, 1.165) is 5.56 Å². The number of hydrogen-bond acceptors (Lipinski definition) is 3. The number of rotatable bonds is 4. The maximum absolute atomic E-state index is 13.8. The number of halogens is 1. The molecule has 0 spiro atoms. The molecule has 0 radical (unpaired) electrons. The van der Waals surface area contributed by atoms with E-state index in [0.29, 0.717) is 5.75 Å². The SMILES string of the molecule is CCOC(=O)C(F)c1cc(C)ccc1OC. The Bertz CT molecular complexity index is 377. The maximum atomic E-state index is 13.8. The Morgan fingerprint density at radius 3 is 2.75 bits per heavy atom. The van der Waals surface area contributed by atoms with Gasteiger partial charge in [0.25, 0.3) is 0 Å². The lowest BCUT2D eigenvalue weighted by atomic mass is 10.1. The predicted octanol–water partition coefficient (Wildman–Crippen LogP) is 2.58. The van der Waals surface area contributed by atoms with Crippen LogP contribution in [0.2, 0.25) is 0 Å². The predicted molar refractivity (Wildman–Crippen MR) is 58.2 cm³/mol. The van der Waals surface area contributed by atoms with Crippen LogP contribution in [0.25, 0.3) is 0 Å². The second-order valence-electron chi connectivity index (χ2n) is 3.36. The second kappa shape index (κ2) is 5.49. The normalized spacial score (nSPS) is 12.0. The summed E-state index contributed by atoms with van der Waals surface area (Å²) in [5.74, 6) is -0.530. The van der Waals surface area contributed by atoms with E-state index >= 15 is 0 Å². The van der Waals surface area contributed by atoms with Gasteiger partial charge in [-0.3, -0.25) is 0 Å². The number of ether oxygens (including phenoxy) is 2. The van der Waals surface area contributed by atoms with Crippen molar-refractivity contribution in [3.63, 3.8) is 0 Å². The first-order valence-corrected chi connectivity index (χ1v) is 5.05. The van der Waals surface area contributed by atoms with Gasteiger partial charge in [0.2, 0.25) is 6.17 Å². The highest BCUT2D eigenvalue weighted by molar-refractivity contribution is 5.77. The van der Waals surface area contributed by atoms with Crippen LogP contribution in [0.3, 0.4) is 0 Å². The maximum Gasteiger partial charge on any atom is 0.345 e. The number of aryl methyl sites for hydroxylation is 1. The van der Waals surface area contributed by atoms with Crippen LogP contribution in [0.4, 0.5) is 4.39 Å². The van der Waals surface area contributed by atoms with Crippen LogP contribution >= 0.6 is 0 Å². The Morgan fingerprint density at radius 1 is 1.50 bits per heavy atom. The smallest absolute Gasteiger partial charge is 0.345 e. The molecule has 1 aromatic rings. The van der Waals surface area contributed by atoms with E-state index in [-0.39, 0.29) is 12.2 Å².